The highest BCUT2D eigenvalue weighted by molar-refractivity contribution is 5.82. The standard InChI is InChI=1S/C21H29NO2/c1-2-21-8-7-17-16-5-4-15(24)10-18(16)13(12-23)9-19(17)20(21)6-3-14(21)11-22/h14,16-17,19-20,23H,2-10,12H2,1H3/t14-,16-,17-,19-,20+,21-/m1/s1. The molecule has 0 aliphatic heterocycles. The van der Waals surface area contributed by atoms with Crippen LogP contribution in [0.4, 0.5) is 0 Å². The van der Waals surface area contributed by atoms with Crippen LogP contribution in [0.25, 0.3) is 0 Å². The van der Waals surface area contributed by atoms with E-state index in [-0.39, 0.29) is 17.9 Å². The fourth-order valence-electron chi connectivity index (χ4n) is 7.16. The van der Waals surface area contributed by atoms with Crippen molar-refractivity contribution < 1.29 is 9.90 Å². The van der Waals surface area contributed by atoms with E-state index in [1.54, 1.807) is 0 Å². The van der Waals surface area contributed by atoms with E-state index in [9.17, 15) is 15.2 Å². The van der Waals surface area contributed by atoms with Crippen LogP contribution in [-0.4, -0.2) is 17.5 Å². The lowest BCUT2D eigenvalue weighted by Gasteiger charge is -2.54. The molecule has 6 atom stereocenters. The molecular weight excluding hydrogens is 298 g/mol. The summed E-state index contributed by atoms with van der Waals surface area (Å²) >= 11 is 0. The van der Waals surface area contributed by atoms with Crippen LogP contribution < -0.4 is 0 Å². The Bertz CT molecular complexity index is 616. The molecule has 0 saturated heterocycles. The van der Waals surface area contributed by atoms with Crippen molar-refractivity contribution in [2.75, 3.05) is 6.61 Å². The summed E-state index contributed by atoms with van der Waals surface area (Å²) in [5.74, 6) is 3.07. The molecule has 0 spiro atoms. The maximum atomic E-state index is 11.9. The average Bonchev–Trinajstić information content (AvgIpc) is 2.99. The largest absolute Gasteiger partial charge is 0.392 e. The molecule has 3 fully saturated rings. The molecule has 4 aliphatic carbocycles. The lowest BCUT2D eigenvalue weighted by Crippen LogP contribution is -2.48. The average molecular weight is 327 g/mol. The highest BCUT2D eigenvalue weighted by atomic mass is 16.3. The van der Waals surface area contributed by atoms with Crippen LogP contribution in [0.3, 0.4) is 0 Å². The molecule has 0 bridgehead atoms. The quantitative estimate of drug-likeness (QED) is 0.779. The topological polar surface area (TPSA) is 61.1 Å². The van der Waals surface area contributed by atoms with E-state index >= 15 is 0 Å². The molecule has 0 amide bonds. The number of hydrogen-bond acceptors (Lipinski definition) is 3. The number of ketones is 1. The number of aliphatic hydroxyl groups excluding tert-OH is 1. The van der Waals surface area contributed by atoms with Gasteiger partial charge in [-0.3, -0.25) is 4.79 Å². The van der Waals surface area contributed by atoms with Crippen molar-refractivity contribution in [2.24, 2.45) is 35.0 Å². The number of aliphatic hydroxyl groups is 1. The van der Waals surface area contributed by atoms with E-state index < -0.39 is 0 Å². The lowest BCUT2D eigenvalue weighted by atomic mass is 9.50. The van der Waals surface area contributed by atoms with Crippen LogP contribution in [0.1, 0.15) is 64.7 Å². The fraction of sp³-hybridized carbons (Fsp3) is 0.810. The fourth-order valence-corrected chi connectivity index (χ4v) is 7.16. The maximum Gasteiger partial charge on any atom is 0.136 e. The van der Waals surface area contributed by atoms with Gasteiger partial charge in [0.1, 0.15) is 5.78 Å². The number of fused-ring (bicyclic) bond motifs is 5. The molecule has 1 N–H and O–H groups in total. The minimum absolute atomic E-state index is 0.121. The Morgan fingerprint density at radius 3 is 2.79 bits per heavy atom. The Hall–Kier alpha value is -1.14. The van der Waals surface area contributed by atoms with Crippen LogP contribution in [0.15, 0.2) is 11.1 Å². The van der Waals surface area contributed by atoms with Crippen molar-refractivity contribution in [3.63, 3.8) is 0 Å². The number of allylic oxidation sites excluding steroid dienone is 1. The van der Waals surface area contributed by atoms with Gasteiger partial charge in [0.15, 0.2) is 0 Å². The first-order chi connectivity index (χ1) is 11.6. The zero-order chi connectivity index (χ0) is 16.9. The Labute approximate surface area is 145 Å². The Balaban J connectivity index is 1.71. The van der Waals surface area contributed by atoms with Crippen LogP contribution in [-0.2, 0) is 4.79 Å². The minimum atomic E-state index is 0.121. The molecular formula is C21H29NO2. The van der Waals surface area contributed by atoms with E-state index in [1.807, 2.05) is 0 Å². The molecule has 0 unspecified atom stereocenters. The third kappa shape index (κ3) is 2.15. The monoisotopic (exact) mass is 327 g/mol. The number of hydrogen-bond donors (Lipinski definition) is 1. The third-order valence-corrected chi connectivity index (χ3v) is 8.24. The molecule has 130 valence electrons. The summed E-state index contributed by atoms with van der Waals surface area (Å²) in [6.07, 6.45) is 9.06. The van der Waals surface area contributed by atoms with Crippen molar-refractivity contribution >= 4 is 5.78 Å². The van der Waals surface area contributed by atoms with Crippen molar-refractivity contribution in [3.05, 3.63) is 11.1 Å². The summed E-state index contributed by atoms with van der Waals surface area (Å²) in [4.78, 5) is 11.9. The molecule has 4 rings (SSSR count). The molecule has 0 aromatic carbocycles. The van der Waals surface area contributed by atoms with Gasteiger partial charge in [-0.2, -0.15) is 5.26 Å². The zero-order valence-electron chi connectivity index (χ0n) is 14.8. The third-order valence-electron chi connectivity index (χ3n) is 8.24. The number of rotatable bonds is 2. The van der Waals surface area contributed by atoms with Gasteiger partial charge in [-0.05, 0) is 79.6 Å². The van der Waals surface area contributed by atoms with Gasteiger partial charge >= 0.3 is 0 Å². The predicted octanol–water partition coefficient (Wildman–Crippen LogP) is 4.02. The van der Waals surface area contributed by atoms with E-state index in [4.69, 9.17) is 0 Å². The smallest absolute Gasteiger partial charge is 0.136 e. The summed E-state index contributed by atoms with van der Waals surface area (Å²) in [5, 5.41) is 19.6. The van der Waals surface area contributed by atoms with Crippen molar-refractivity contribution in [3.8, 4) is 6.07 Å². The normalized spacial score (nSPS) is 44.5. The summed E-state index contributed by atoms with van der Waals surface area (Å²) < 4.78 is 0. The van der Waals surface area contributed by atoms with Crippen molar-refractivity contribution in [2.45, 2.75) is 64.7 Å². The molecule has 3 nitrogen and oxygen atoms in total. The van der Waals surface area contributed by atoms with Gasteiger partial charge in [0, 0.05) is 12.8 Å². The van der Waals surface area contributed by atoms with Crippen LogP contribution in [0, 0.1) is 46.3 Å². The van der Waals surface area contributed by atoms with Crippen LogP contribution in [0.2, 0.25) is 0 Å². The highest BCUT2D eigenvalue weighted by Crippen LogP contribution is 2.65. The van der Waals surface area contributed by atoms with Gasteiger partial charge in [0.2, 0.25) is 0 Å². The molecule has 0 aromatic rings. The van der Waals surface area contributed by atoms with Gasteiger partial charge < -0.3 is 5.11 Å². The summed E-state index contributed by atoms with van der Waals surface area (Å²) in [6.45, 7) is 2.40. The second-order valence-corrected chi connectivity index (χ2v) is 8.67. The van der Waals surface area contributed by atoms with Crippen molar-refractivity contribution in [1.82, 2.24) is 0 Å². The van der Waals surface area contributed by atoms with Gasteiger partial charge in [0.05, 0.1) is 18.6 Å². The van der Waals surface area contributed by atoms with Gasteiger partial charge in [-0.1, -0.05) is 12.5 Å². The number of Topliss-reactive ketones (excluding diaryl/α,β-unsaturated/α-hetero) is 1. The highest BCUT2D eigenvalue weighted by Gasteiger charge is 2.58. The molecule has 0 heterocycles. The Morgan fingerprint density at radius 2 is 2.08 bits per heavy atom. The number of carbonyl (C=O) groups excluding carboxylic acids is 1. The van der Waals surface area contributed by atoms with E-state index in [1.165, 1.54) is 30.4 Å². The second kappa shape index (κ2) is 5.99. The SMILES string of the molecule is CC[C@]12CC[C@H]3[C@@H](CC(CO)=C4CC(=O)CC[C@@H]43)[C@@H]1CC[C@@H]2C#N. The van der Waals surface area contributed by atoms with Gasteiger partial charge in [0.25, 0.3) is 0 Å². The first-order valence-corrected chi connectivity index (χ1v) is 9.87. The number of nitrogens with zero attached hydrogens (tertiary/aromatic N) is 1. The molecule has 3 saturated carbocycles. The van der Waals surface area contributed by atoms with Crippen LogP contribution >= 0.6 is 0 Å². The van der Waals surface area contributed by atoms with Crippen molar-refractivity contribution in [1.29, 1.82) is 5.26 Å². The summed E-state index contributed by atoms with van der Waals surface area (Å²) in [6, 6.07) is 2.63. The first kappa shape index (κ1) is 16.3. The second-order valence-electron chi connectivity index (χ2n) is 8.67. The molecule has 3 heteroatoms. The predicted molar refractivity (Wildman–Crippen MR) is 91.8 cm³/mol. The summed E-state index contributed by atoms with van der Waals surface area (Å²) in [7, 11) is 0. The lowest BCUT2D eigenvalue weighted by molar-refractivity contribution is -0.120. The van der Waals surface area contributed by atoms with Gasteiger partial charge in [-0.15, -0.1) is 0 Å². The Morgan fingerprint density at radius 1 is 1.25 bits per heavy atom. The number of nitriles is 1. The number of carbonyl (C=O) groups is 1. The Kier molecular flexibility index (Phi) is 4.07. The first-order valence-electron chi connectivity index (χ1n) is 9.87. The molecule has 4 aliphatic rings. The van der Waals surface area contributed by atoms with E-state index in [0.29, 0.717) is 35.9 Å². The van der Waals surface area contributed by atoms with Crippen LogP contribution in [0.5, 0.6) is 0 Å². The van der Waals surface area contributed by atoms with E-state index in [2.05, 4.69) is 13.0 Å². The van der Waals surface area contributed by atoms with E-state index in [0.717, 1.165) is 32.1 Å². The minimum Gasteiger partial charge on any atom is -0.392 e. The maximum absolute atomic E-state index is 11.9. The molecule has 24 heavy (non-hydrogen) atoms. The zero-order valence-corrected chi connectivity index (χ0v) is 14.8. The van der Waals surface area contributed by atoms with Gasteiger partial charge in [-0.25, -0.2) is 0 Å². The molecule has 0 aromatic heterocycles. The summed E-state index contributed by atoms with van der Waals surface area (Å²) in [5.41, 5.74) is 2.69. The molecule has 0 radical (unpaired) electrons.